The van der Waals surface area contributed by atoms with E-state index in [-0.39, 0.29) is 10.6 Å². The molecule has 7 heteroatoms. The molecule has 21 heavy (non-hydrogen) atoms. The molecule has 0 saturated carbocycles. The van der Waals surface area contributed by atoms with Crippen LogP contribution in [0.4, 0.5) is 0 Å². The highest BCUT2D eigenvalue weighted by atomic mass is 32.2. The summed E-state index contributed by atoms with van der Waals surface area (Å²) in [5.74, 6) is -0.494. The number of hydrogen-bond donors (Lipinski definition) is 0. The van der Waals surface area contributed by atoms with E-state index in [1.807, 2.05) is 6.92 Å². The summed E-state index contributed by atoms with van der Waals surface area (Å²) in [5.41, 5.74) is 0.247. The molecule has 0 aliphatic carbocycles. The van der Waals surface area contributed by atoms with Crippen molar-refractivity contribution in [2.75, 3.05) is 19.7 Å². The van der Waals surface area contributed by atoms with Crippen molar-refractivity contribution in [3.8, 4) is 0 Å². The van der Waals surface area contributed by atoms with Crippen molar-refractivity contribution in [2.45, 2.75) is 38.5 Å². The minimum atomic E-state index is -3.56. The monoisotopic (exact) mass is 316 g/mol. The summed E-state index contributed by atoms with van der Waals surface area (Å²) in [5, 5.41) is 0. The van der Waals surface area contributed by atoms with E-state index in [4.69, 9.17) is 4.74 Å². The predicted molar refractivity (Wildman–Crippen MR) is 80.7 cm³/mol. The number of unbranched alkanes of at least 4 members (excludes halogenated alkanes) is 1. The maximum Gasteiger partial charge on any atom is 0.354 e. The van der Waals surface area contributed by atoms with E-state index in [9.17, 15) is 13.2 Å². The number of carbonyl (C=O) groups is 1. The Kier molecular flexibility index (Phi) is 6.42. The molecular weight excluding hydrogens is 292 g/mol. The topological polar surface area (TPSA) is 68.6 Å². The number of rotatable bonds is 8. The molecular formula is C14H24N2O4S. The largest absolute Gasteiger partial charge is 0.461 e. The first-order chi connectivity index (χ1) is 9.88. The van der Waals surface area contributed by atoms with Crippen LogP contribution in [0.15, 0.2) is 17.2 Å². The first-order valence-corrected chi connectivity index (χ1v) is 8.66. The third kappa shape index (κ3) is 4.07. The highest BCUT2D eigenvalue weighted by molar-refractivity contribution is 7.89. The lowest BCUT2D eigenvalue weighted by atomic mass is 10.3. The summed E-state index contributed by atoms with van der Waals surface area (Å²) in [6.07, 6.45) is 3.17. The van der Waals surface area contributed by atoms with Gasteiger partial charge in [-0.05, 0) is 12.5 Å². The Hall–Kier alpha value is -1.34. The van der Waals surface area contributed by atoms with Crippen LogP contribution in [0.25, 0.3) is 0 Å². The van der Waals surface area contributed by atoms with Gasteiger partial charge in [0.05, 0.1) is 6.61 Å². The van der Waals surface area contributed by atoms with Gasteiger partial charge in [-0.1, -0.05) is 27.2 Å². The van der Waals surface area contributed by atoms with Gasteiger partial charge in [-0.2, -0.15) is 4.31 Å². The summed E-state index contributed by atoms with van der Waals surface area (Å²) < 4.78 is 32.8. The molecule has 1 heterocycles. The van der Waals surface area contributed by atoms with E-state index < -0.39 is 16.0 Å². The molecule has 1 rings (SSSR count). The first kappa shape index (κ1) is 17.7. The van der Waals surface area contributed by atoms with Gasteiger partial charge in [0.15, 0.2) is 0 Å². The van der Waals surface area contributed by atoms with Gasteiger partial charge in [0.1, 0.15) is 10.6 Å². The fourth-order valence-electron chi connectivity index (χ4n) is 1.97. The molecule has 120 valence electrons. The van der Waals surface area contributed by atoms with Gasteiger partial charge in [0.25, 0.3) is 0 Å². The highest BCUT2D eigenvalue weighted by Crippen LogP contribution is 2.19. The number of hydrogen-bond acceptors (Lipinski definition) is 4. The summed E-state index contributed by atoms with van der Waals surface area (Å²) in [7, 11) is -1.92. The van der Waals surface area contributed by atoms with Crippen molar-refractivity contribution in [3.05, 3.63) is 18.0 Å². The van der Waals surface area contributed by atoms with Crippen molar-refractivity contribution < 1.29 is 17.9 Å². The van der Waals surface area contributed by atoms with Crippen molar-refractivity contribution in [3.63, 3.8) is 0 Å². The molecule has 0 aliphatic rings. The van der Waals surface area contributed by atoms with E-state index in [1.54, 1.807) is 20.9 Å². The van der Waals surface area contributed by atoms with E-state index in [1.165, 1.54) is 21.1 Å². The Labute approximate surface area is 126 Å². The number of esters is 1. The zero-order valence-corrected chi connectivity index (χ0v) is 13.9. The first-order valence-electron chi connectivity index (χ1n) is 7.22. The number of sulfonamides is 1. The normalized spacial score (nSPS) is 11.9. The molecule has 0 saturated heterocycles. The Morgan fingerprint density at radius 3 is 2.43 bits per heavy atom. The molecule has 0 amide bonds. The highest BCUT2D eigenvalue weighted by Gasteiger charge is 2.25. The van der Waals surface area contributed by atoms with Crippen LogP contribution in [0.5, 0.6) is 0 Å². The van der Waals surface area contributed by atoms with Crippen molar-refractivity contribution in [2.24, 2.45) is 7.05 Å². The third-order valence-corrected chi connectivity index (χ3v) is 5.28. The Bertz CT molecular complexity index is 574. The van der Waals surface area contributed by atoms with E-state index in [0.717, 1.165) is 12.8 Å². The van der Waals surface area contributed by atoms with Crippen LogP contribution in [0, 0.1) is 0 Å². The van der Waals surface area contributed by atoms with Crippen molar-refractivity contribution >= 4 is 16.0 Å². The van der Waals surface area contributed by atoms with E-state index in [0.29, 0.717) is 19.7 Å². The number of aromatic nitrogens is 1. The second-order valence-corrected chi connectivity index (χ2v) is 6.69. The van der Waals surface area contributed by atoms with Crippen LogP contribution >= 0.6 is 0 Å². The minimum absolute atomic E-state index is 0.121. The fourth-order valence-corrected chi connectivity index (χ4v) is 3.50. The second kappa shape index (κ2) is 7.61. The van der Waals surface area contributed by atoms with E-state index in [2.05, 4.69) is 0 Å². The molecule has 0 spiro atoms. The molecule has 1 aromatic heterocycles. The standard InChI is InChI=1S/C14H24N2O4S/c1-5-8-9-20-14(17)13-10-12(11-15(13)4)21(18,19)16(6-2)7-3/h10-11H,5-9H2,1-4H3. The maximum absolute atomic E-state index is 12.4. The van der Waals surface area contributed by atoms with Gasteiger partial charge in [-0.15, -0.1) is 0 Å². The van der Waals surface area contributed by atoms with Crippen molar-refractivity contribution in [1.29, 1.82) is 0 Å². The third-order valence-electron chi connectivity index (χ3n) is 3.26. The lowest BCUT2D eigenvalue weighted by Crippen LogP contribution is -2.30. The number of carbonyl (C=O) groups excluding carboxylic acids is 1. The van der Waals surface area contributed by atoms with Crippen molar-refractivity contribution in [1.82, 2.24) is 8.87 Å². The predicted octanol–water partition coefficient (Wildman–Crippen LogP) is 2.01. The summed E-state index contributed by atoms with van der Waals surface area (Å²) >= 11 is 0. The van der Waals surface area contributed by atoms with Crippen LogP contribution < -0.4 is 0 Å². The van der Waals surface area contributed by atoms with Gasteiger partial charge >= 0.3 is 5.97 Å². The molecule has 0 unspecified atom stereocenters. The molecule has 6 nitrogen and oxygen atoms in total. The Morgan fingerprint density at radius 2 is 1.90 bits per heavy atom. The number of aryl methyl sites for hydroxylation is 1. The van der Waals surface area contributed by atoms with Gasteiger partial charge in [0.2, 0.25) is 10.0 Å². The molecule has 0 atom stereocenters. The number of nitrogens with zero attached hydrogens (tertiary/aromatic N) is 2. The van der Waals surface area contributed by atoms with Gasteiger partial charge < -0.3 is 9.30 Å². The van der Waals surface area contributed by atoms with Crippen LogP contribution in [0.2, 0.25) is 0 Å². The summed E-state index contributed by atoms with van der Waals surface area (Å²) in [4.78, 5) is 12.1. The molecule has 0 aliphatic heterocycles. The van der Waals surface area contributed by atoms with Crippen LogP contribution in [-0.4, -0.2) is 43.0 Å². The summed E-state index contributed by atoms with van der Waals surface area (Å²) in [6, 6.07) is 1.38. The average molecular weight is 316 g/mol. The zero-order chi connectivity index (χ0) is 16.0. The molecule has 0 bridgehead atoms. The lowest BCUT2D eigenvalue weighted by Gasteiger charge is -2.17. The smallest absolute Gasteiger partial charge is 0.354 e. The molecule has 0 N–H and O–H groups in total. The lowest BCUT2D eigenvalue weighted by molar-refractivity contribution is 0.0488. The SMILES string of the molecule is CCCCOC(=O)c1cc(S(=O)(=O)N(CC)CC)cn1C. The summed E-state index contributed by atoms with van der Waals surface area (Å²) in [6.45, 7) is 6.70. The fraction of sp³-hybridized carbons (Fsp3) is 0.643. The Balaban J connectivity index is 2.99. The minimum Gasteiger partial charge on any atom is -0.461 e. The number of ether oxygens (including phenoxy) is 1. The average Bonchev–Trinajstić information content (AvgIpc) is 2.83. The van der Waals surface area contributed by atoms with Gasteiger partial charge in [-0.3, -0.25) is 0 Å². The van der Waals surface area contributed by atoms with Gasteiger partial charge in [0, 0.05) is 26.3 Å². The van der Waals surface area contributed by atoms with Gasteiger partial charge in [-0.25, -0.2) is 13.2 Å². The van der Waals surface area contributed by atoms with E-state index >= 15 is 0 Å². The molecule has 0 aromatic carbocycles. The quantitative estimate of drug-likeness (QED) is 0.543. The van der Waals surface area contributed by atoms with Crippen LogP contribution in [-0.2, 0) is 21.8 Å². The molecule has 0 radical (unpaired) electrons. The molecule has 1 aromatic rings. The second-order valence-electron chi connectivity index (χ2n) is 4.75. The van der Waals surface area contributed by atoms with Crippen LogP contribution in [0.1, 0.15) is 44.1 Å². The molecule has 0 fully saturated rings. The zero-order valence-electron chi connectivity index (χ0n) is 13.1. The Morgan fingerprint density at radius 1 is 1.29 bits per heavy atom. The van der Waals surface area contributed by atoms with Crippen LogP contribution in [0.3, 0.4) is 0 Å². The maximum atomic E-state index is 12.4.